The summed E-state index contributed by atoms with van der Waals surface area (Å²) in [5.41, 5.74) is 0. The second-order valence-electron chi connectivity index (χ2n) is 3.42. The molecule has 0 amide bonds. The van der Waals surface area contributed by atoms with Crippen LogP contribution in [0.5, 0.6) is 0 Å². The minimum absolute atomic E-state index is 0.00199. The van der Waals surface area contributed by atoms with Gasteiger partial charge in [-0.05, 0) is 6.07 Å². The number of thioether (sulfide) groups is 1. The Morgan fingerprint density at radius 2 is 2.11 bits per heavy atom. The van der Waals surface area contributed by atoms with Crippen LogP contribution in [0.3, 0.4) is 0 Å². The molecule has 0 radical (unpaired) electrons. The van der Waals surface area contributed by atoms with Crippen molar-refractivity contribution in [2.24, 2.45) is 0 Å². The molecule has 1 heterocycles. The van der Waals surface area contributed by atoms with Gasteiger partial charge in [-0.1, -0.05) is 6.92 Å². The zero-order valence-corrected chi connectivity index (χ0v) is 11.2. The second kappa shape index (κ2) is 6.95. The largest absolute Gasteiger partial charge is 0.469 e. The number of hydrogen-bond donors (Lipinski definition) is 0. The number of methoxy groups -OCH3 is 2. The molecule has 98 valence electrons. The fraction of sp³-hybridized carbons (Fsp3) is 0.455. The van der Waals surface area contributed by atoms with Gasteiger partial charge < -0.3 is 9.47 Å². The van der Waals surface area contributed by atoms with Crippen LogP contribution >= 0.6 is 11.8 Å². The first-order valence-electron chi connectivity index (χ1n) is 5.21. The number of carbonyl (C=O) groups is 2. The molecule has 0 bridgehead atoms. The Morgan fingerprint density at radius 3 is 2.72 bits per heavy atom. The van der Waals surface area contributed by atoms with Gasteiger partial charge >= 0.3 is 11.9 Å². The Hall–Kier alpha value is -1.63. The van der Waals surface area contributed by atoms with Gasteiger partial charge in [-0.25, -0.2) is 14.8 Å². The molecule has 0 N–H and O–H groups in total. The lowest BCUT2D eigenvalue weighted by atomic mass is 10.3. The van der Waals surface area contributed by atoms with Gasteiger partial charge in [0.15, 0.2) is 0 Å². The number of esters is 2. The number of nitrogens with zero attached hydrogens (tertiary/aromatic N) is 2. The van der Waals surface area contributed by atoms with Crippen LogP contribution in [0.2, 0.25) is 0 Å². The fourth-order valence-electron chi connectivity index (χ4n) is 1.16. The predicted molar refractivity (Wildman–Crippen MR) is 65.3 cm³/mol. The van der Waals surface area contributed by atoms with Crippen LogP contribution in [0.15, 0.2) is 17.3 Å². The third kappa shape index (κ3) is 4.33. The summed E-state index contributed by atoms with van der Waals surface area (Å²) in [6.07, 6.45) is 1.76. The van der Waals surface area contributed by atoms with Crippen LogP contribution in [0.1, 0.15) is 24.0 Å². The first-order chi connectivity index (χ1) is 8.56. The van der Waals surface area contributed by atoms with E-state index in [1.807, 2.05) is 6.92 Å². The standard InChI is InChI=1S/C11H14N2O4S/c1-7(6-9(14)16-2)18-8-4-5-12-10(13-8)11(15)17-3/h4-5,7H,6H2,1-3H3. The third-order valence-corrected chi connectivity index (χ3v) is 3.04. The summed E-state index contributed by atoms with van der Waals surface area (Å²) in [6.45, 7) is 1.88. The van der Waals surface area contributed by atoms with E-state index in [4.69, 9.17) is 0 Å². The van der Waals surface area contributed by atoms with Gasteiger partial charge in [0.2, 0.25) is 5.82 Å². The first-order valence-corrected chi connectivity index (χ1v) is 6.09. The van der Waals surface area contributed by atoms with Crippen LogP contribution in [0.25, 0.3) is 0 Å². The zero-order chi connectivity index (χ0) is 13.5. The van der Waals surface area contributed by atoms with E-state index in [9.17, 15) is 9.59 Å². The smallest absolute Gasteiger partial charge is 0.376 e. The van der Waals surface area contributed by atoms with Crippen LogP contribution in [-0.4, -0.2) is 41.4 Å². The highest BCUT2D eigenvalue weighted by atomic mass is 32.2. The van der Waals surface area contributed by atoms with Crippen LogP contribution in [-0.2, 0) is 14.3 Å². The van der Waals surface area contributed by atoms with Crippen molar-refractivity contribution < 1.29 is 19.1 Å². The van der Waals surface area contributed by atoms with Crippen LogP contribution in [0, 0.1) is 0 Å². The molecule has 0 aliphatic heterocycles. The molecule has 0 saturated heterocycles. The van der Waals surface area contributed by atoms with Gasteiger partial charge in [-0.15, -0.1) is 11.8 Å². The lowest BCUT2D eigenvalue weighted by Gasteiger charge is -2.09. The monoisotopic (exact) mass is 270 g/mol. The molecule has 1 aromatic rings. The lowest BCUT2D eigenvalue weighted by molar-refractivity contribution is -0.140. The van der Waals surface area contributed by atoms with Crippen molar-refractivity contribution >= 4 is 23.7 Å². The highest BCUT2D eigenvalue weighted by Crippen LogP contribution is 2.23. The van der Waals surface area contributed by atoms with Gasteiger partial charge in [-0.2, -0.15) is 0 Å². The number of rotatable bonds is 5. The lowest BCUT2D eigenvalue weighted by Crippen LogP contribution is -2.10. The topological polar surface area (TPSA) is 78.4 Å². The van der Waals surface area contributed by atoms with E-state index in [1.165, 1.54) is 32.2 Å². The number of hydrogen-bond acceptors (Lipinski definition) is 7. The zero-order valence-electron chi connectivity index (χ0n) is 10.4. The van der Waals surface area contributed by atoms with Crippen molar-refractivity contribution in [3.63, 3.8) is 0 Å². The van der Waals surface area contributed by atoms with Crippen LogP contribution < -0.4 is 0 Å². The van der Waals surface area contributed by atoms with Gasteiger partial charge in [0.1, 0.15) is 5.03 Å². The van der Waals surface area contributed by atoms with Crippen molar-refractivity contribution in [2.75, 3.05) is 14.2 Å². The highest BCUT2D eigenvalue weighted by molar-refractivity contribution is 7.99. The third-order valence-electron chi connectivity index (χ3n) is 2.00. The maximum Gasteiger partial charge on any atom is 0.376 e. The van der Waals surface area contributed by atoms with E-state index in [0.717, 1.165) is 0 Å². The summed E-state index contributed by atoms with van der Waals surface area (Å²) in [4.78, 5) is 30.2. The molecule has 0 aliphatic carbocycles. The van der Waals surface area contributed by atoms with Gasteiger partial charge in [-0.3, -0.25) is 4.79 Å². The quantitative estimate of drug-likeness (QED) is 0.453. The Morgan fingerprint density at radius 1 is 1.39 bits per heavy atom. The molecule has 0 fully saturated rings. The van der Waals surface area contributed by atoms with E-state index in [2.05, 4.69) is 19.4 Å². The number of aromatic nitrogens is 2. The minimum atomic E-state index is -0.585. The summed E-state index contributed by atoms with van der Waals surface area (Å²) in [5.74, 6) is -0.858. The van der Waals surface area contributed by atoms with E-state index in [-0.39, 0.29) is 23.5 Å². The van der Waals surface area contributed by atoms with Gasteiger partial charge in [0.05, 0.1) is 20.6 Å². The van der Waals surface area contributed by atoms with Gasteiger partial charge in [0.25, 0.3) is 0 Å². The molecule has 6 nitrogen and oxygen atoms in total. The van der Waals surface area contributed by atoms with E-state index in [0.29, 0.717) is 5.03 Å². The van der Waals surface area contributed by atoms with E-state index >= 15 is 0 Å². The maximum atomic E-state index is 11.2. The number of ether oxygens (including phenoxy) is 2. The Balaban J connectivity index is 2.67. The SMILES string of the molecule is COC(=O)CC(C)Sc1ccnc(C(=O)OC)n1. The minimum Gasteiger partial charge on any atom is -0.469 e. The molecule has 1 rings (SSSR count). The van der Waals surface area contributed by atoms with Crippen molar-refractivity contribution in [2.45, 2.75) is 23.6 Å². The molecule has 0 aliphatic rings. The average Bonchev–Trinajstić information content (AvgIpc) is 2.37. The number of carbonyl (C=O) groups excluding carboxylic acids is 2. The molecule has 1 atom stereocenters. The summed E-state index contributed by atoms with van der Waals surface area (Å²) in [7, 11) is 2.62. The maximum absolute atomic E-state index is 11.2. The van der Waals surface area contributed by atoms with Crippen molar-refractivity contribution in [3.05, 3.63) is 18.1 Å². The van der Waals surface area contributed by atoms with E-state index < -0.39 is 5.97 Å². The fourth-order valence-corrected chi connectivity index (χ4v) is 2.07. The van der Waals surface area contributed by atoms with E-state index in [1.54, 1.807) is 6.07 Å². The summed E-state index contributed by atoms with van der Waals surface area (Å²) < 4.78 is 9.11. The Labute approximate surface area is 109 Å². The van der Waals surface area contributed by atoms with Crippen molar-refractivity contribution in [1.82, 2.24) is 9.97 Å². The molecule has 1 aromatic heterocycles. The molecule has 0 spiro atoms. The average molecular weight is 270 g/mol. The molecular weight excluding hydrogens is 256 g/mol. The summed E-state index contributed by atoms with van der Waals surface area (Å²) >= 11 is 1.37. The summed E-state index contributed by atoms with van der Waals surface area (Å²) in [5, 5.41) is 0.611. The first kappa shape index (κ1) is 14.4. The molecule has 0 aromatic carbocycles. The summed E-state index contributed by atoms with van der Waals surface area (Å²) in [6, 6.07) is 1.67. The molecule has 7 heteroatoms. The molecule has 0 saturated carbocycles. The normalized spacial score (nSPS) is 11.7. The van der Waals surface area contributed by atoms with Crippen molar-refractivity contribution in [3.8, 4) is 0 Å². The van der Waals surface area contributed by atoms with Crippen molar-refractivity contribution in [1.29, 1.82) is 0 Å². The molecule has 18 heavy (non-hydrogen) atoms. The molecule has 1 unspecified atom stereocenters. The highest BCUT2D eigenvalue weighted by Gasteiger charge is 2.14. The van der Waals surface area contributed by atoms with Gasteiger partial charge in [0, 0.05) is 11.4 Å². The van der Waals surface area contributed by atoms with Crippen LogP contribution in [0.4, 0.5) is 0 Å². The second-order valence-corrected chi connectivity index (χ2v) is 4.88. The molecular formula is C11H14N2O4S. The Bertz CT molecular complexity index is 439. The Kier molecular flexibility index (Phi) is 5.57. The predicted octanol–water partition coefficient (Wildman–Crippen LogP) is 1.31.